The van der Waals surface area contributed by atoms with Crippen molar-refractivity contribution in [2.75, 3.05) is 18.8 Å². The van der Waals surface area contributed by atoms with Crippen LogP contribution in [0.25, 0.3) is 0 Å². The van der Waals surface area contributed by atoms with E-state index in [9.17, 15) is 13.0 Å². The van der Waals surface area contributed by atoms with Crippen molar-refractivity contribution in [1.82, 2.24) is 5.32 Å². The predicted molar refractivity (Wildman–Crippen MR) is 33.1 cm³/mol. The van der Waals surface area contributed by atoms with Crippen LogP contribution in [-0.4, -0.2) is 31.8 Å². The van der Waals surface area contributed by atoms with Gasteiger partial charge in [0.2, 0.25) is 0 Å². The third-order valence-electron chi connectivity index (χ3n) is 0.779. The zero-order valence-electron chi connectivity index (χ0n) is 6.25. The second-order valence-electron chi connectivity index (χ2n) is 1.62. The fourth-order valence-electron chi connectivity index (χ4n) is 0.374. The topological polar surface area (TPSA) is 69.2 Å². The number of hydrogen-bond donors (Lipinski definition) is 1. The van der Waals surface area contributed by atoms with E-state index in [0.717, 1.165) is 0 Å². The van der Waals surface area contributed by atoms with Crippen LogP contribution in [0.3, 0.4) is 0 Å². The van der Waals surface area contributed by atoms with E-state index in [0.29, 0.717) is 6.54 Å². The first-order chi connectivity index (χ1) is 4.06. The summed E-state index contributed by atoms with van der Waals surface area (Å²) in [4.78, 5) is 0. The minimum Gasteiger partial charge on any atom is -0.748 e. The molecule has 0 heterocycles. The van der Waals surface area contributed by atoms with Crippen LogP contribution >= 0.6 is 0 Å². The fourth-order valence-corrected chi connectivity index (χ4v) is 0.768. The minimum absolute atomic E-state index is 0. The number of hydrogen-bond acceptors (Lipinski definition) is 4. The molecule has 0 atom stereocenters. The van der Waals surface area contributed by atoms with Gasteiger partial charge in [-0.05, 0) is 6.54 Å². The molecule has 6 heteroatoms. The monoisotopic (exact) mass is 175 g/mol. The van der Waals surface area contributed by atoms with Crippen LogP contribution in [-0.2, 0) is 10.1 Å². The summed E-state index contributed by atoms with van der Waals surface area (Å²) in [6.45, 7) is 2.79. The predicted octanol–water partition coefficient (Wildman–Crippen LogP) is -3.85. The second-order valence-corrected chi connectivity index (χ2v) is 3.14. The van der Waals surface area contributed by atoms with Crippen molar-refractivity contribution in [1.29, 1.82) is 0 Å². The van der Waals surface area contributed by atoms with E-state index in [4.69, 9.17) is 0 Å². The molecule has 1 N–H and O–H groups in total. The number of nitrogens with one attached hydrogen (secondary N) is 1. The summed E-state index contributed by atoms with van der Waals surface area (Å²) >= 11 is 0. The molecule has 0 amide bonds. The molecule has 0 fully saturated rings. The Kier molecular flexibility index (Phi) is 8.85. The van der Waals surface area contributed by atoms with Crippen LogP contribution in [0.4, 0.5) is 0 Å². The Labute approximate surface area is 83.4 Å². The molecule has 0 aliphatic carbocycles. The van der Waals surface area contributed by atoms with Crippen LogP contribution in [0.5, 0.6) is 0 Å². The smallest absolute Gasteiger partial charge is 0.748 e. The Balaban J connectivity index is 0. The van der Waals surface area contributed by atoms with Crippen molar-refractivity contribution in [3.8, 4) is 0 Å². The van der Waals surface area contributed by atoms with Gasteiger partial charge in [-0.2, -0.15) is 0 Å². The standard InChI is InChI=1S/C4H11NO3S.Na/c1-2-5-3-4-9(6,7)8;/h5H,2-4H2,1H3,(H,6,7,8);/q;+1/p-1. The number of rotatable bonds is 4. The molecule has 56 valence electrons. The van der Waals surface area contributed by atoms with Gasteiger partial charge in [-0.25, -0.2) is 8.42 Å². The summed E-state index contributed by atoms with van der Waals surface area (Å²) in [5, 5.41) is 2.73. The van der Waals surface area contributed by atoms with E-state index >= 15 is 0 Å². The van der Waals surface area contributed by atoms with Crippen molar-refractivity contribution < 1.29 is 42.5 Å². The SMILES string of the molecule is CCNCCS(=O)(=O)[O-].[Na+]. The Morgan fingerprint density at radius 2 is 2.00 bits per heavy atom. The molecule has 0 aliphatic rings. The molecule has 0 unspecified atom stereocenters. The van der Waals surface area contributed by atoms with Crippen LogP contribution in [0, 0.1) is 0 Å². The zero-order chi connectivity index (χ0) is 7.33. The largest absolute Gasteiger partial charge is 1.00 e. The molecular weight excluding hydrogens is 165 g/mol. The van der Waals surface area contributed by atoms with Gasteiger partial charge >= 0.3 is 29.6 Å². The van der Waals surface area contributed by atoms with E-state index in [1.807, 2.05) is 6.92 Å². The fraction of sp³-hybridized carbons (Fsp3) is 1.00. The first kappa shape index (κ1) is 13.5. The maximum Gasteiger partial charge on any atom is 1.00 e. The third kappa shape index (κ3) is 11.6. The zero-order valence-corrected chi connectivity index (χ0v) is 9.07. The van der Waals surface area contributed by atoms with Gasteiger partial charge in [0, 0.05) is 6.54 Å². The molecule has 10 heavy (non-hydrogen) atoms. The molecule has 0 aromatic carbocycles. The molecule has 0 aromatic heterocycles. The van der Waals surface area contributed by atoms with E-state index < -0.39 is 10.1 Å². The molecule has 0 bridgehead atoms. The summed E-state index contributed by atoms with van der Waals surface area (Å²) in [6, 6.07) is 0. The van der Waals surface area contributed by atoms with Gasteiger partial charge in [-0.3, -0.25) is 0 Å². The molecule has 0 saturated heterocycles. The summed E-state index contributed by atoms with van der Waals surface area (Å²) < 4.78 is 29.7. The van der Waals surface area contributed by atoms with Gasteiger partial charge in [0.1, 0.15) is 0 Å². The van der Waals surface area contributed by atoms with Crippen LogP contribution in [0.1, 0.15) is 6.92 Å². The normalized spacial score (nSPS) is 10.6. The van der Waals surface area contributed by atoms with Crippen molar-refractivity contribution in [3.05, 3.63) is 0 Å². The Morgan fingerprint density at radius 3 is 2.30 bits per heavy atom. The summed E-state index contributed by atoms with van der Waals surface area (Å²) in [7, 11) is -4.01. The molecule has 0 radical (unpaired) electrons. The average molecular weight is 175 g/mol. The van der Waals surface area contributed by atoms with Crippen molar-refractivity contribution in [2.45, 2.75) is 6.92 Å². The average Bonchev–Trinajstić information content (AvgIpc) is 1.63. The van der Waals surface area contributed by atoms with Crippen molar-refractivity contribution in [3.63, 3.8) is 0 Å². The molecule has 4 nitrogen and oxygen atoms in total. The van der Waals surface area contributed by atoms with Crippen molar-refractivity contribution >= 4 is 10.1 Å². The van der Waals surface area contributed by atoms with Gasteiger partial charge in [0.25, 0.3) is 0 Å². The maximum atomic E-state index is 9.91. The summed E-state index contributed by atoms with van der Waals surface area (Å²) in [5.41, 5.74) is 0. The molecule has 0 aromatic rings. The first-order valence-electron chi connectivity index (χ1n) is 2.70. The maximum absolute atomic E-state index is 9.91. The molecule has 0 spiro atoms. The molecule has 0 saturated carbocycles. The first-order valence-corrected chi connectivity index (χ1v) is 4.28. The van der Waals surface area contributed by atoms with E-state index in [-0.39, 0.29) is 41.9 Å². The molecular formula is C4H10NNaO3S. The summed E-state index contributed by atoms with van der Waals surface area (Å²) in [6.07, 6.45) is 0. The van der Waals surface area contributed by atoms with Crippen LogP contribution < -0.4 is 34.9 Å². The second kappa shape index (κ2) is 6.57. The molecule has 0 aliphatic heterocycles. The molecule has 0 rings (SSSR count). The quantitative estimate of drug-likeness (QED) is 0.270. The Morgan fingerprint density at radius 1 is 1.50 bits per heavy atom. The van der Waals surface area contributed by atoms with Crippen LogP contribution in [0.2, 0.25) is 0 Å². The van der Waals surface area contributed by atoms with E-state index in [1.54, 1.807) is 0 Å². The Bertz CT molecular complexity index is 156. The van der Waals surface area contributed by atoms with Gasteiger partial charge in [-0.1, -0.05) is 6.92 Å². The van der Waals surface area contributed by atoms with Crippen LogP contribution in [0.15, 0.2) is 0 Å². The van der Waals surface area contributed by atoms with E-state index in [2.05, 4.69) is 5.32 Å². The summed E-state index contributed by atoms with van der Waals surface area (Å²) in [5.74, 6) is -0.319. The minimum atomic E-state index is -4.01. The van der Waals surface area contributed by atoms with Gasteiger partial charge in [0.05, 0.1) is 15.9 Å². The third-order valence-corrected chi connectivity index (χ3v) is 1.48. The van der Waals surface area contributed by atoms with Gasteiger partial charge in [-0.15, -0.1) is 0 Å². The van der Waals surface area contributed by atoms with E-state index in [1.165, 1.54) is 0 Å². The Hall–Kier alpha value is 0.870. The van der Waals surface area contributed by atoms with Gasteiger partial charge in [0.15, 0.2) is 0 Å². The van der Waals surface area contributed by atoms with Gasteiger partial charge < -0.3 is 9.87 Å². The van der Waals surface area contributed by atoms with Crippen molar-refractivity contribution in [2.24, 2.45) is 0 Å².